The lowest BCUT2D eigenvalue weighted by molar-refractivity contribution is -0.138. The number of benzene rings is 5. The van der Waals surface area contributed by atoms with E-state index in [0.717, 1.165) is 32.0 Å². The Morgan fingerprint density at radius 2 is 1.00 bits per heavy atom. The Kier molecular flexibility index (Phi) is 12.1. The number of para-hydroxylation sites is 2. The maximum atomic E-state index is 11.8. The molecule has 13 heteroatoms. The Morgan fingerprint density at radius 1 is 0.538 bits per heavy atom. The lowest BCUT2D eigenvalue weighted by Crippen LogP contribution is -2.35. The fourth-order valence-electron chi connectivity index (χ4n) is 6.20. The van der Waals surface area contributed by atoms with Gasteiger partial charge in [0.05, 0.1) is 11.4 Å². The van der Waals surface area contributed by atoms with Crippen LogP contribution in [0, 0.1) is 0 Å². The molecule has 5 rings (SSSR count). The van der Waals surface area contributed by atoms with Crippen molar-refractivity contribution in [3.8, 4) is 11.5 Å². The normalized spacial score (nSPS) is 11.0. The summed E-state index contributed by atoms with van der Waals surface area (Å²) in [6, 6.07) is 30.3. The van der Waals surface area contributed by atoms with Gasteiger partial charge in [0.15, 0.2) is 0 Å². The summed E-state index contributed by atoms with van der Waals surface area (Å²) in [5.41, 5.74) is 2.52. The third kappa shape index (κ3) is 9.67. The Balaban J connectivity index is 1.36. The maximum absolute atomic E-state index is 11.8. The van der Waals surface area contributed by atoms with Crippen molar-refractivity contribution < 1.29 is 49.1 Å². The van der Waals surface area contributed by atoms with Gasteiger partial charge in [0.2, 0.25) is 0 Å². The van der Waals surface area contributed by atoms with Crippen LogP contribution in [0.15, 0.2) is 97.1 Å². The Bertz CT molecular complexity index is 2000. The van der Waals surface area contributed by atoms with Gasteiger partial charge in [-0.05, 0) is 70.1 Å². The molecule has 0 aliphatic carbocycles. The van der Waals surface area contributed by atoms with Crippen molar-refractivity contribution >= 4 is 56.8 Å². The zero-order valence-electron chi connectivity index (χ0n) is 28.5. The first kappa shape index (κ1) is 36.9. The smallest absolute Gasteiger partial charge is 0.323 e. The van der Waals surface area contributed by atoms with Crippen molar-refractivity contribution in [3.63, 3.8) is 0 Å². The molecular weight excluding hydrogens is 670 g/mol. The zero-order valence-corrected chi connectivity index (χ0v) is 28.5. The van der Waals surface area contributed by atoms with E-state index in [0.29, 0.717) is 13.1 Å². The largest absolute Gasteiger partial charge is 0.488 e. The quantitative estimate of drug-likeness (QED) is 0.0664. The van der Waals surface area contributed by atoms with Crippen LogP contribution in [0.2, 0.25) is 0 Å². The van der Waals surface area contributed by atoms with E-state index in [1.165, 1.54) is 10.5 Å². The van der Waals surface area contributed by atoms with Crippen LogP contribution < -0.4 is 19.3 Å². The minimum atomic E-state index is -1.22. The Hall–Kier alpha value is -6.34. The minimum absolute atomic E-state index is 0.0498. The zero-order chi connectivity index (χ0) is 37.2. The van der Waals surface area contributed by atoms with E-state index in [4.69, 9.17) is 9.47 Å². The molecule has 13 nitrogen and oxygen atoms in total. The molecule has 0 bridgehead atoms. The topological polar surface area (TPSA) is 177 Å². The van der Waals surface area contributed by atoms with Gasteiger partial charge in [0.25, 0.3) is 0 Å². The van der Waals surface area contributed by atoms with Crippen LogP contribution >= 0.6 is 0 Å². The summed E-state index contributed by atoms with van der Waals surface area (Å²) in [6.45, 7) is -1.33. The van der Waals surface area contributed by atoms with Gasteiger partial charge in [-0.2, -0.15) is 0 Å². The number of rotatable bonds is 19. The van der Waals surface area contributed by atoms with Gasteiger partial charge < -0.3 is 39.7 Å². The van der Waals surface area contributed by atoms with Crippen LogP contribution in [0.25, 0.3) is 21.5 Å². The summed E-state index contributed by atoms with van der Waals surface area (Å²) < 4.78 is 11.9. The van der Waals surface area contributed by atoms with Crippen molar-refractivity contribution in [2.24, 2.45) is 0 Å². The van der Waals surface area contributed by atoms with E-state index in [9.17, 15) is 39.6 Å². The highest BCUT2D eigenvalue weighted by Crippen LogP contribution is 2.33. The molecule has 0 aliphatic rings. The van der Waals surface area contributed by atoms with Crippen LogP contribution in [0.3, 0.4) is 0 Å². The Morgan fingerprint density at radius 3 is 1.54 bits per heavy atom. The number of aliphatic carboxylic acids is 4. The van der Waals surface area contributed by atoms with Crippen molar-refractivity contribution in [2.75, 3.05) is 56.2 Å². The number of carbonyl (C=O) groups is 4. The van der Waals surface area contributed by atoms with Gasteiger partial charge >= 0.3 is 23.9 Å². The molecule has 270 valence electrons. The summed E-state index contributed by atoms with van der Waals surface area (Å²) in [5.74, 6) is -4.38. The van der Waals surface area contributed by atoms with E-state index < -0.39 is 50.1 Å². The predicted octanol–water partition coefficient (Wildman–Crippen LogP) is 5.03. The Labute approximate surface area is 299 Å². The van der Waals surface area contributed by atoms with E-state index >= 15 is 0 Å². The van der Waals surface area contributed by atoms with Crippen LogP contribution in [0.5, 0.6) is 11.5 Å². The number of anilines is 2. The fraction of sp³-hybridized carbons (Fsp3) is 0.231. The van der Waals surface area contributed by atoms with E-state index in [1.54, 1.807) is 36.4 Å². The van der Waals surface area contributed by atoms with Gasteiger partial charge in [0.1, 0.15) is 50.9 Å². The summed E-state index contributed by atoms with van der Waals surface area (Å²) in [5, 5.41) is 42.5. The average Bonchev–Trinajstić information content (AvgIpc) is 3.09. The highest BCUT2D eigenvalue weighted by atomic mass is 16.5. The molecule has 52 heavy (non-hydrogen) atoms. The highest BCUT2D eigenvalue weighted by molar-refractivity contribution is 6.02. The molecule has 5 aromatic rings. The molecule has 4 N–H and O–H groups in total. The number of hydrogen-bond acceptors (Lipinski definition) is 9. The van der Waals surface area contributed by atoms with Gasteiger partial charge in [-0.15, -0.1) is 0 Å². The molecule has 0 aliphatic heterocycles. The van der Waals surface area contributed by atoms with Gasteiger partial charge in [0, 0.05) is 13.1 Å². The summed E-state index contributed by atoms with van der Waals surface area (Å²) in [4.78, 5) is 50.9. The van der Waals surface area contributed by atoms with Crippen LogP contribution in [0.4, 0.5) is 11.4 Å². The van der Waals surface area contributed by atoms with Crippen molar-refractivity contribution in [2.45, 2.75) is 13.1 Å². The third-order valence-electron chi connectivity index (χ3n) is 8.24. The molecule has 0 heterocycles. The first-order chi connectivity index (χ1) is 25.0. The highest BCUT2D eigenvalue weighted by Gasteiger charge is 2.21. The second kappa shape index (κ2) is 17.1. The van der Waals surface area contributed by atoms with Crippen molar-refractivity contribution in [1.82, 2.24) is 4.90 Å². The SMILES string of the molecule is CN(Cc1ccc(OCCOc2ccccc2N(CC(=O)O)CC(=O)O)c(N(CC(=O)O)CC(=O)O)c1)Cc1c2ccccc2cc2ccccc12. The molecule has 0 atom stereocenters. The molecule has 0 radical (unpaired) electrons. The molecule has 0 aromatic heterocycles. The number of ether oxygens (including phenoxy) is 2. The first-order valence-electron chi connectivity index (χ1n) is 16.4. The average molecular weight is 710 g/mol. The lowest BCUT2D eigenvalue weighted by atomic mass is 9.96. The summed E-state index contributed by atoms with van der Waals surface area (Å²) in [6.07, 6.45) is 0. The van der Waals surface area contributed by atoms with Crippen LogP contribution in [-0.2, 0) is 32.3 Å². The van der Waals surface area contributed by atoms with Gasteiger partial charge in [-0.3, -0.25) is 24.1 Å². The summed E-state index contributed by atoms with van der Waals surface area (Å²) in [7, 11) is 1.98. The fourth-order valence-corrected chi connectivity index (χ4v) is 6.20. The van der Waals surface area contributed by atoms with Gasteiger partial charge in [-0.1, -0.05) is 66.7 Å². The van der Waals surface area contributed by atoms with Crippen molar-refractivity contribution in [3.05, 3.63) is 108 Å². The summed E-state index contributed by atoms with van der Waals surface area (Å²) >= 11 is 0. The number of carboxylic acid groups (broad SMARTS) is 4. The molecule has 5 aromatic carbocycles. The number of carboxylic acids is 4. The molecule has 0 fully saturated rings. The van der Waals surface area contributed by atoms with E-state index in [2.05, 4.69) is 35.2 Å². The van der Waals surface area contributed by atoms with Gasteiger partial charge in [-0.25, -0.2) is 0 Å². The second-order valence-corrected chi connectivity index (χ2v) is 12.2. The molecule has 0 saturated heterocycles. The van der Waals surface area contributed by atoms with E-state index in [1.807, 2.05) is 37.4 Å². The van der Waals surface area contributed by atoms with Crippen molar-refractivity contribution in [1.29, 1.82) is 0 Å². The predicted molar refractivity (Wildman–Crippen MR) is 195 cm³/mol. The minimum Gasteiger partial charge on any atom is -0.488 e. The lowest BCUT2D eigenvalue weighted by Gasteiger charge is -2.26. The first-order valence-corrected chi connectivity index (χ1v) is 16.4. The maximum Gasteiger partial charge on any atom is 0.323 e. The number of fused-ring (bicyclic) bond motifs is 2. The third-order valence-corrected chi connectivity index (χ3v) is 8.24. The number of nitrogens with zero attached hydrogens (tertiary/aromatic N) is 3. The van der Waals surface area contributed by atoms with E-state index in [-0.39, 0.29) is 36.1 Å². The molecular formula is C39H39N3O10. The molecule has 0 spiro atoms. The monoisotopic (exact) mass is 709 g/mol. The molecule has 0 saturated carbocycles. The molecule has 0 unspecified atom stereocenters. The molecule has 0 amide bonds. The number of hydrogen-bond donors (Lipinski definition) is 4. The standard InChI is InChI=1S/C39H39N3O10/c1-40(21-31-29-10-4-2-8-27(29)19-28-9-3-5-11-30(28)31)20-26-14-15-35(33(18-26)42(24-38(47)48)25-39(49)50)52-17-16-51-34-13-7-6-12-32(34)41(22-36(43)44)23-37(45)46/h2-15,18-19H,16-17,20-25H2,1H3,(H,43,44)(H,45,46)(H,47,48)(H,49,50). The second-order valence-electron chi connectivity index (χ2n) is 12.2. The van der Waals surface area contributed by atoms with Crippen LogP contribution in [-0.4, -0.2) is 95.6 Å². The van der Waals surface area contributed by atoms with Crippen LogP contribution in [0.1, 0.15) is 11.1 Å².